The Morgan fingerprint density at radius 2 is 2.17 bits per heavy atom. The molecule has 2 rings (SSSR count). The van der Waals surface area contributed by atoms with Crippen LogP contribution in [-0.4, -0.2) is 27.3 Å². The van der Waals surface area contributed by atoms with Crippen LogP contribution in [0.3, 0.4) is 0 Å². The van der Waals surface area contributed by atoms with Gasteiger partial charge in [0.15, 0.2) is 5.82 Å². The van der Waals surface area contributed by atoms with Gasteiger partial charge >= 0.3 is 5.97 Å². The van der Waals surface area contributed by atoms with Crippen molar-refractivity contribution in [3.8, 4) is 11.5 Å². The molecular formula is C12H13N3O3. The summed E-state index contributed by atoms with van der Waals surface area (Å²) in [4.78, 5) is 14.8. The summed E-state index contributed by atoms with van der Waals surface area (Å²) in [6.07, 6.45) is 0. The number of aromatic nitrogens is 2. The lowest BCUT2D eigenvalue weighted by Crippen LogP contribution is -2.33. The minimum atomic E-state index is -0.915. The second-order valence-electron chi connectivity index (χ2n) is 3.82. The Bertz CT molecular complexity index is 524. The van der Waals surface area contributed by atoms with Crippen molar-refractivity contribution >= 4 is 5.97 Å². The van der Waals surface area contributed by atoms with E-state index >= 15 is 0 Å². The molecule has 6 nitrogen and oxygen atoms in total. The molecular weight excluding hydrogens is 234 g/mol. The monoisotopic (exact) mass is 247 g/mol. The Hall–Kier alpha value is -2.21. The predicted molar refractivity (Wildman–Crippen MR) is 63.7 cm³/mol. The third-order valence-electron chi connectivity index (χ3n) is 2.43. The average molecular weight is 247 g/mol. The van der Waals surface area contributed by atoms with E-state index in [1.807, 2.05) is 30.3 Å². The molecule has 0 aliphatic carbocycles. The molecule has 0 bridgehead atoms. The normalized spacial score (nSPS) is 12.3. The molecule has 0 saturated heterocycles. The van der Waals surface area contributed by atoms with Crippen LogP contribution in [0.2, 0.25) is 0 Å². The molecule has 2 aromatic rings. The van der Waals surface area contributed by atoms with Crippen LogP contribution in [0, 0.1) is 0 Å². The summed E-state index contributed by atoms with van der Waals surface area (Å²) in [7, 11) is 0. The average Bonchev–Trinajstić information content (AvgIpc) is 2.85. The lowest BCUT2D eigenvalue weighted by Gasteiger charge is -2.05. The second kappa shape index (κ2) is 5.42. The molecule has 18 heavy (non-hydrogen) atoms. The van der Waals surface area contributed by atoms with Crippen molar-refractivity contribution in [1.29, 1.82) is 0 Å². The largest absolute Gasteiger partial charge is 0.480 e. The summed E-state index contributed by atoms with van der Waals surface area (Å²) in [5.41, 5.74) is 0.836. The molecule has 0 amide bonds. The highest BCUT2D eigenvalue weighted by atomic mass is 16.5. The fourth-order valence-corrected chi connectivity index (χ4v) is 1.36. The SMILES string of the molecule is C[C@@H](NCc1noc(-c2ccccc2)n1)C(=O)O. The summed E-state index contributed by atoms with van der Waals surface area (Å²) < 4.78 is 5.09. The third kappa shape index (κ3) is 2.92. The number of nitrogens with one attached hydrogen (secondary N) is 1. The van der Waals surface area contributed by atoms with Crippen molar-refractivity contribution < 1.29 is 14.4 Å². The molecule has 0 saturated carbocycles. The topological polar surface area (TPSA) is 88.3 Å². The van der Waals surface area contributed by atoms with Gasteiger partial charge in [0.05, 0.1) is 6.54 Å². The predicted octanol–water partition coefficient (Wildman–Crippen LogP) is 1.30. The molecule has 1 atom stereocenters. The number of carboxylic acids is 1. The summed E-state index contributed by atoms with van der Waals surface area (Å²) in [6.45, 7) is 1.81. The zero-order valence-corrected chi connectivity index (χ0v) is 9.83. The molecule has 0 aliphatic heterocycles. The van der Waals surface area contributed by atoms with E-state index in [1.165, 1.54) is 0 Å². The number of hydrogen-bond donors (Lipinski definition) is 2. The molecule has 2 N–H and O–H groups in total. The summed E-state index contributed by atoms with van der Waals surface area (Å²) >= 11 is 0. The van der Waals surface area contributed by atoms with Gasteiger partial charge in [-0.15, -0.1) is 0 Å². The third-order valence-corrected chi connectivity index (χ3v) is 2.43. The van der Waals surface area contributed by atoms with Gasteiger partial charge in [0.1, 0.15) is 6.04 Å². The molecule has 0 radical (unpaired) electrons. The van der Waals surface area contributed by atoms with E-state index in [1.54, 1.807) is 6.92 Å². The van der Waals surface area contributed by atoms with Crippen LogP contribution in [0.15, 0.2) is 34.9 Å². The molecule has 0 unspecified atom stereocenters. The number of hydrogen-bond acceptors (Lipinski definition) is 5. The molecule has 0 fully saturated rings. The molecule has 1 aromatic heterocycles. The smallest absolute Gasteiger partial charge is 0.320 e. The Balaban J connectivity index is 2.01. The summed E-state index contributed by atoms with van der Waals surface area (Å²) in [5.74, 6) is -0.0564. The van der Waals surface area contributed by atoms with Crippen molar-refractivity contribution in [1.82, 2.24) is 15.5 Å². The van der Waals surface area contributed by atoms with Crippen molar-refractivity contribution in [3.05, 3.63) is 36.2 Å². The number of carboxylic acid groups (broad SMARTS) is 1. The van der Waals surface area contributed by atoms with E-state index in [9.17, 15) is 4.79 Å². The van der Waals surface area contributed by atoms with Gasteiger partial charge in [-0.1, -0.05) is 23.4 Å². The van der Waals surface area contributed by atoms with Crippen molar-refractivity contribution in [3.63, 3.8) is 0 Å². The highest BCUT2D eigenvalue weighted by molar-refractivity contribution is 5.72. The first-order valence-electron chi connectivity index (χ1n) is 5.51. The lowest BCUT2D eigenvalue weighted by molar-refractivity contribution is -0.139. The van der Waals surface area contributed by atoms with E-state index in [2.05, 4.69) is 15.5 Å². The summed E-state index contributed by atoms with van der Waals surface area (Å²) in [6, 6.07) is 8.74. The molecule has 94 valence electrons. The van der Waals surface area contributed by atoms with Gasteiger partial charge in [-0.25, -0.2) is 0 Å². The van der Waals surface area contributed by atoms with Gasteiger partial charge < -0.3 is 9.63 Å². The molecule has 1 heterocycles. The molecule has 6 heteroatoms. The summed E-state index contributed by atoms with van der Waals surface area (Å²) in [5, 5.41) is 15.3. The first-order chi connectivity index (χ1) is 8.66. The minimum absolute atomic E-state index is 0.254. The van der Waals surface area contributed by atoms with Gasteiger partial charge in [-0.2, -0.15) is 4.98 Å². The standard InChI is InChI=1S/C12H13N3O3/c1-8(12(16)17)13-7-10-14-11(18-15-10)9-5-3-2-4-6-9/h2-6,8,13H,7H2,1H3,(H,16,17)/t8-/m1/s1. The molecule has 1 aromatic carbocycles. The van der Waals surface area contributed by atoms with E-state index in [-0.39, 0.29) is 6.54 Å². The van der Waals surface area contributed by atoms with Crippen LogP contribution in [0.1, 0.15) is 12.7 Å². The van der Waals surface area contributed by atoms with Gasteiger partial charge in [0.2, 0.25) is 0 Å². The lowest BCUT2D eigenvalue weighted by atomic mass is 10.2. The van der Waals surface area contributed by atoms with Crippen LogP contribution in [0.4, 0.5) is 0 Å². The maximum Gasteiger partial charge on any atom is 0.320 e. The highest BCUT2D eigenvalue weighted by Crippen LogP contribution is 2.15. The Morgan fingerprint density at radius 1 is 1.44 bits per heavy atom. The van der Waals surface area contributed by atoms with E-state index in [4.69, 9.17) is 9.63 Å². The number of benzene rings is 1. The number of nitrogens with zero attached hydrogens (tertiary/aromatic N) is 2. The minimum Gasteiger partial charge on any atom is -0.480 e. The first-order valence-corrected chi connectivity index (χ1v) is 5.51. The number of carbonyl (C=O) groups is 1. The fourth-order valence-electron chi connectivity index (χ4n) is 1.36. The number of rotatable bonds is 5. The van der Waals surface area contributed by atoms with Gasteiger partial charge in [0, 0.05) is 5.56 Å². The molecule has 0 spiro atoms. The van der Waals surface area contributed by atoms with E-state index in [0.717, 1.165) is 5.56 Å². The highest BCUT2D eigenvalue weighted by Gasteiger charge is 2.12. The van der Waals surface area contributed by atoms with Crippen LogP contribution in [0.5, 0.6) is 0 Å². The fraction of sp³-hybridized carbons (Fsp3) is 0.250. The van der Waals surface area contributed by atoms with Crippen LogP contribution in [0.25, 0.3) is 11.5 Å². The Kier molecular flexibility index (Phi) is 3.69. The maximum atomic E-state index is 10.6. The van der Waals surface area contributed by atoms with Crippen LogP contribution in [-0.2, 0) is 11.3 Å². The van der Waals surface area contributed by atoms with Gasteiger partial charge in [0.25, 0.3) is 5.89 Å². The zero-order chi connectivity index (χ0) is 13.0. The van der Waals surface area contributed by atoms with Gasteiger partial charge in [-0.3, -0.25) is 10.1 Å². The van der Waals surface area contributed by atoms with E-state index < -0.39 is 12.0 Å². The zero-order valence-electron chi connectivity index (χ0n) is 9.83. The van der Waals surface area contributed by atoms with Crippen LogP contribution < -0.4 is 5.32 Å². The van der Waals surface area contributed by atoms with Crippen molar-refractivity contribution in [2.24, 2.45) is 0 Å². The second-order valence-corrected chi connectivity index (χ2v) is 3.82. The van der Waals surface area contributed by atoms with Crippen molar-refractivity contribution in [2.45, 2.75) is 19.5 Å². The quantitative estimate of drug-likeness (QED) is 0.827. The Labute approximate surface area is 104 Å². The molecule has 0 aliphatic rings. The van der Waals surface area contributed by atoms with E-state index in [0.29, 0.717) is 11.7 Å². The Morgan fingerprint density at radius 3 is 2.83 bits per heavy atom. The number of aliphatic carboxylic acids is 1. The van der Waals surface area contributed by atoms with Crippen LogP contribution >= 0.6 is 0 Å². The first kappa shape index (κ1) is 12.3. The van der Waals surface area contributed by atoms with Gasteiger partial charge in [-0.05, 0) is 19.1 Å². The van der Waals surface area contributed by atoms with Crippen molar-refractivity contribution in [2.75, 3.05) is 0 Å². The maximum absolute atomic E-state index is 10.6.